The van der Waals surface area contributed by atoms with Crippen molar-refractivity contribution >= 4 is 0 Å². The molecule has 3 rings (SSSR count). The van der Waals surface area contributed by atoms with Gasteiger partial charge in [0.2, 0.25) is 0 Å². The first kappa shape index (κ1) is 44.4. The topological polar surface area (TPSA) is 108 Å². The maximum Gasteiger partial charge on any atom is 1.00 e. The van der Waals surface area contributed by atoms with Crippen LogP contribution in [0.15, 0.2) is 60.9 Å². The second-order valence-corrected chi connectivity index (χ2v) is 8.15. The van der Waals surface area contributed by atoms with Crippen LogP contribution >= 0.6 is 0 Å². The number of aliphatic hydroxyl groups excluding tert-OH is 4. The van der Waals surface area contributed by atoms with Gasteiger partial charge in [-0.2, -0.15) is 0 Å². The van der Waals surface area contributed by atoms with Crippen LogP contribution in [0.5, 0.6) is 5.75 Å². The zero-order valence-electron chi connectivity index (χ0n) is 24.6. The van der Waals surface area contributed by atoms with Crippen molar-refractivity contribution in [2.75, 3.05) is 20.3 Å². The number of hydrogen-bond donors (Lipinski definition) is 4. The van der Waals surface area contributed by atoms with Gasteiger partial charge < -0.3 is 44.6 Å². The summed E-state index contributed by atoms with van der Waals surface area (Å²) in [6.07, 6.45) is 4.69. The van der Waals surface area contributed by atoms with E-state index in [9.17, 15) is 15.3 Å². The molecule has 1 aromatic heterocycles. The van der Waals surface area contributed by atoms with Gasteiger partial charge in [0, 0.05) is 25.1 Å². The molecule has 3 aromatic rings. The van der Waals surface area contributed by atoms with E-state index < -0.39 is 6.04 Å². The Bertz CT molecular complexity index is 1060. The molecule has 9 heteroatoms. The summed E-state index contributed by atoms with van der Waals surface area (Å²) in [6, 6.07) is 15.5. The van der Waals surface area contributed by atoms with Gasteiger partial charge in [0.05, 0.1) is 19.3 Å². The van der Waals surface area contributed by atoms with Crippen LogP contribution in [0.25, 0.3) is 11.1 Å². The van der Waals surface area contributed by atoms with Crippen molar-refractivity contribution in [3.63, 3.8) is 0 Å². The fourth-order valence-corrected chi connectivity index (χ4v) is 3.66. The zero-order chi connectivity index (χ0) is 25.6. The molecule has 1 heterocycles. The second-order valence-electron chi connectivity index (χ2n) is 8.15. The minimum absolute atomic E-state index is 0. The molecule has 0 spiro atoms. The monoisotopic (exact) mass is 776 g/mol. The fourth-order valence-electron chi connectivity index (χ4n) is 3.66. The molecule has 0 bridgehead atoms. The molecule has 0 aliphatic rings. The summed E-state index contributed by atoms with van der Waals surface area (Å²) in [4.78, 5) is 4.06. The third-order valence-electron chi connectivity index (χ3n) is 5.59. The summed E-state index contributed by atoms with van der Waals surface area (Å²) >= 11 is 0. The van der Waals surface area contributed by atoms with Crippen LogP contribution in [0.3, 0.4) is 0 Å². The van der Waals surface area contributed by atoms with Crippen molar-refractivity contribution in [1.29, 1.82) is 0 Å². The predicted molar refractivity (Wildman–Crippen MR) is 150 cm³/mol. The molecule has 2 aromatic carbocycles. The zero-order valence-corrected chi connectivity index (χ0v) is 37.2. The third-order valence-corrected chi connectivity index (χ3v) is 5.59. The van der Waals surface area contributed by atoms with E-state index in [2.05, 4.69) is 23.7 Å². The summed E-state index contributed by atoms with van der Waals surface area (Å²) in [7, 11) is 1.00. The van der Waals surface area contributed by atoms with Gasteiger partial charge >= 0.3 is 138 Å². The van der Waals surface area contributed by atoms with E-state index in [-0.39, 0.29) is 172 Å². The van der Waals surface area contributed by atoms with Crippen LogP contribution in [-0.2, 0) is 6.61 Å². The number of aliphatic hydroxyl groups is 4. The van der Waals surface area contributed by atoms with Crippen molar-refractivity contribution in [2.24, 2.45) is 5.92 Å². The van der Waals surface area contributed by atoms with E-state index in [1.54, 1.807) is 17.0 Å². The minimum Gasteiger partial charge on any atom is -0.493 e. The van der Waals surface area contributed by atoms with Crippen molar-refractivity contribution in [2.45, 2.75) is 45.4 Å². The summed E-state index contributed by atoms with van der Waals surface area (Å²) < 4.78 is 7.59. The molecule has 0 aliphatic heterocycles. The van der Waals surface area contributed by atoms with Crippen molar-refractivity contribution in [3.8, 4) is 28.7 Å². The average molecular weight is 776 g/mol. The minimum atomic E-state index is -0.463. The Morgan fingerprint density at radius 1 is 0.949 bits per heavy atom. The van der Waals surface area contributed by atoms with Crippen molar-refractivity contribution in [1.82, 2.24) is 9.55 Å². The molecule has 0 fully saturated rings. The SMILES string of the molecule is CCC(COc1ccc(-c2ccc(C#CC(CO)n3ccnc3CO)cc2)cc1)CC(C)O.CO.[CH3-].[CH3-].[Cs+].[Cs+]. The molecule has 39 heavy (non-hydrogen) atoms. The van der Waals surface area contributed by atoms with Crippen LogP contribution in [0.1, 0.15) is 44.1 Å². The summed E-state index contributed by atoms with van der Waals surface area (Å²) in [5, 5.41) is 35.6. The number of benzene rings is 2. The molecule has 7 nitrogen and oxygen atoms in total. The fraction of sp³-hybridized carbons (Fsp3) is 0.367. The van der Waals surface area contributed by atoms with Gasteiger partial charge in [-0.1, -0.05) is 43.0 Å². The van der Waals surface area contributed by atoms with Gasteiger partial charge in [-0.3, -0.25) is 0 Å². The van der Waals surface area contributed by atoms with Crippen molar-refractivity contribution in [3.05, 3.63) is 87.2 Å². The van der Waals surface area contributed by atoms with Crippen LogP contribution in [0, 0.1) is 32.6 Å². The van der Waals surface area contributed by atoms with E-state index in [4.69, 9.17) is 9.84 Å². The van der Waals surface area contributed by atoms with E-state index in [0.717, 1.165) is 42.4 Å². The Morgan fingerprint density at radius 3 is 2.00 bits per heavy atom. The summed E-state index contributed by atoms with van der Waals surface area (Å²) in [6.45, 7) is 4.15. The van der Waals surface area contributed by atoms with E-state index in [0.29, 0.717) is 18.3 Å². The van der Waals surface area contributed by atoms with E-state index in [1.165, 1.54) is 0 Å². The largest absolute Gasteiger partial charge is 1.00 e. The number of imidazole rings is 1. The van der Waals surface area contributed by atoms with Crippen LogP contribution < -0.4 is 143 Å². The molecule has 0 saturated carbocycles. The van der Waals surface area contributed by atoms with Gasteiger partial charge in [-0.25, -0.2) is 4.98 Å². The normalized spacial score (nSPS) is 11.7. The van der Waals surface area contributed by atoms with E-state index >= 15 is 0 Å². The Hall–Kier alpha value is 0.954. The van der Waals surface area contributed by atoms with Gasteiger partial charge in [0.15, 0.2) is 0 Å². The number of hydrogen-bond acceptors (Lipinski definition) is 6. The number of nitrogens with zero attached hydrogens (tertiary/aromatic N) is 2. The standard InChI is InChI=1S/C27H32N2O4.CH4O.2CH3.2Cs/c1-3-21(16-20(2)32)19-33-26-12-9-24(10-13-26)23-7-4-22(5-8-23)6-11-25(17-30)29-15-14-28-27(29)18-31;1-2;;;;/h4-5,7-10,12-15,20-21,25,30-32H,3,16-19H2,1-2H3;2H,1H3;2*1H3;;/q;;2*-1;2*+1. The number of rotatable bonds is 10. The summed E-state index contributed by atoms with van der Waals surface area (Å²) in [5.41, 5.74) is 2.99. The Labute approximate surface area is 353 Å². The first-order valence-electron chi connectivity index (χ1n) is 11.7. The molecular weight excluding hydrogens is 734 g/mol. The maximum atomic E-state index is 9.68. The molecule has 0 radical (unpaired) electrons. The van der Waals surface area contributed by atoms with Gasteiger partial charge in [-0.15, -0.1) is 0 Å². The molecule has 0 aliphatic carbocycles. The van der Waals surface area contributed by atoms with Gasteiger partial charge in [-0.05, 0) is 61.1 Å². The molecular formula is C30H42Cs2N2O5. The molecule has 3 atom stereocenters. The average Bonchev–Trinajstić information content (AvgIpc) is 3.37. The second kappa shape index (κ2) is 25.5. The van der Waals surface area contributed by atoms with Crippen molar-refractivity contribution < 1.29 is 163 Å². The predicted octanol–water partition coefficient (Wildman–Crippen LogP) is -1.68. The Kier molecular flexibility index (Phi) is 29.0. The molecule has 0 amide bonds. The molecule has 204 valence electrons. The first-order chi connectivity index (χ1) is 17.0. The molecule has 3 unspecified atom stereocenters. The number of aromatic nitrogens is 2. The number of ether oxygens (including phenoxy) is 1. The van der Waals surface area contributed by atoms with Gasteiger partial charge in [0.1, 0.15) is 24.2 Å². The Morgan fingerprint density at radius 2 is 1.51 bits per heavy atom. The Balaban J connectivity index is -0.00000211. The van der Waals surface area contributed by atoms with Crippen LogP contribution in [-0.4, -0.2) is 56.4 Å². The van der Waals surface area contributed by atoms with Gasteiger partial charge in [0.25, 0.3) is 0 Å². The smallest absolute Gasteiger partial charge is 0.493 e. The van der Waals surface area contributed by atoms with E-state index in [1.807, 2.05) is 55.5 Å². The van der Waals surface area contributed by atoms with Crippen LogP contribution in [0.4, 0.5) is 0 Å². The maximum absolute atomic E-state index is 9.68. The third kappa shape index (κ3) is 15.3. The quantitative estimate of drug-likeness (QED) is 0.145. The summed E-state index contributed by atoms with van der Waals surface area (Å²) in [5.74, 6) is 7.77. The van der Waals surface area contributed by atoms with Crippen LogP contribution in [0.2, 0.25) is 0 Å². The molecule has 4 N–H and O–H groups in total. The first-order valence-corrected chi connectivity index (χ1v) is 11.7. The molecule has 0 saturated heterocycles.